The number of benzene rings is 1. The Kier molecular flexibility index (Phi) is 4.71. The third-order valence-electron chi connectivity index (χ3n) is 3.78. The Hall–Kier alpha value is -0.510. The minimum absolute atomic E-state index is 0.375. The minimum Gasteiger partial charge on any atom is -0.387 e. The van der Waals surface area contributed by atoms with Gasteiger partial charge in [0.15, 0.2) is 0 Å². The SMILES string of the molecule is Cc1ccc(C)c([C@H](O)CN(C)[C@H]2CCSC2)c1. The lowest BCUT2D eigenvalue weighted by Crippen LogP contribution is -2.35. The second-order valence-electron chi connectivity index (χ2n) is 5.33. The number of nitrogens with zero attached hydrogens (tertiary/aromatic N) is 1. The van der Waals surface area contributed by atoms with Crippen LogP contribution in [0.15, 0.2) is 18.2 Å². The van der Waals surface area contributed by atoms with Crippen LogP contribution in [0.25, 0.3) is 0 Å². The van der Waals surface area contributed by atoms with Crippen LogP contribution in [0.1, 0.15) is 29.2 Å². The largest absolute Gasteiger partial charge is 0.387 e. The lowest BCUT2D eigenvalue weighted by molar-refractivity contribution is 0.109. The summed E-state index contributed by atoms with van der Waals surface area (Å²) in [5, 5.41) is 10.4. The van der Waals surface area contributed by atoms with Crippen molar-refractivity contribution in [2.24, 2.45) is 0 Å². The van der Waals surface area contributed by atoms with E-state index in [9.17, 15) is 5.11 Å². The highest BCUT2D eigenvalue weighted by molar-refractivity contribution is 7.99. The maximum Gasteiger partial charge on any atom is 0.0919 e. The molecule has 1 aliphatic rings. The molecule has 3 heteroatoms. The summed E-state index contributed by atoms with van der Waals surface area (Å²) in [7, 11) is 2.13. The molecule has 100 valence electrons. The Morgan fingerprint density at radius 1 is 1.44 bits per heavy atom. The number of hydrogen-bond acceptors (Lipinski definition) is 3. The number of aryl methyl sites for hydroxylation is 2. The summed E-state index contributed by atoms with van der Waals surface area (Å²) < 4.78 is 0. The molecule has 0 aromatic heterocycles. The standard InChI is InChI=1S/C15H23NOS/c1-11-4-5-12(2)14(8-11)15(17)9-16(3)13-6-7-18-10-13/h4-5,8,13,15,17H,6-7,9-10H2,1-3H3/t13-,15+/m0/s1. The van der Waals surface area contributed by atoms with Crippen LogP contribution in [0.3, 0.4) is 0 Å². The molecular formula is C15H23NOS. The number of rotatable bonds is 4. The quantitative estimate of drug-likeness (QED) is 0.905. The van der Waals surface area contributed by atoms with Gasteiger partial charge in [-0.3, -0.25) is 4.90 Å². The highest BCUT2D eigenvalue weighted by Crippen LogP contribution is 2.25. The predicted molar refractivity (Wildman–Crippen MR) is 79.2 cm³/mol. The van der Waals surface area contributed by atoms with Gasteiger partial charge < -0.3 is 5.11 Å². The van der Waals surface area contributed by atoms with Crippen molar-refractivity contribution in [3.05, 3.63) is 34.9 Å². The predicted octanol–water partition coefficient (Wildman–Crippen LogP) is 2.77. The summed E-state index contributed by atoms with van der Waals surface area (Å²) in [6, 6.07) is 6.94. The number of likely N-dealkylation sites (N-methyl/N-ethyl adjacent to an activating group) is 1. The molecule has 2 rings (SSSR count). The fourth-order valence-electron chi connectivity index (χ4n) is 2.51. The van der Waals surface area contributed by atoms with E-state index >= 15 is 0 Å². The van der Waals surface area contributed by atoms with E-state index in [0.29, 0.717) is 6.04 Å². The van der Waals surface area contributed by atoms with Crippen LogP contribution in [0.4, 0.5) is 0 Å². The molecule has 1 aromatic rings. The van der Waals surface area contributed by atoms with Crippen LogP contribution in [-0.2, 0) is 0 Å². The summed E-state index contributed by atoms with van der Waals surface area (Å²) in [6.45, 7) is 4.88. The number of hydrogen-bond donors (Lipinski definition) is 1. The molecule has 0 amide bonds. The average molecular weight is 265 g/mol. The first-order valence-electron chi connectivity index (χ1n) is 6.61. The zero-order valence-electron chi connectivity index (χ0n) is 11.5. The van der Waals surface area contributed by atoms with E-state index in [1.165, 1.54) is 29.1 Å². The molecule has 0 unspecified atom stereocenters. The van der Waals surface area contributed by atoms with E-state index in [1.54, 1.807) is 0 Å². The molecule has 1 fully saturated rings. The van der Waals surface area contributed by atoms with Crippen LogP contribution >= 0.6 is 11.8 Å². The molecule has 0 bridgehead atoms. The topological polar surface area (TPSA) is 23.5 Å². The van der Waals surface area contributed by atoms with Crippen molar-refractivity contribution in [3.63, 3.8) is 0 Å². The third kappa shape index (κ3) is 3.28. The summed E-state index contributed by atoms with van der Waals surface area (Å²) in [5.41, 5.74) is 3.48. The van der Waals surface area contributed by atoms with E-state index in [1.807, 2.05) is 11.8 Å². The van der Waals surface area contributed by atoms with Crippen molar-refractivity contribution in [1.29, 1.82) is 0 Å². The summed E-state index contributed by atoms with van der Waals surface area (Å²) in [6.07, 6.45) is 0.876. The molecule has 1 aliphatic heterocycles. The highest BCUT2D eigenvalue weighted by Gasteiger charge is 2.22. The zero-order valence-corrected chi connectivity index (χ0v) is 12.3. The van der Waals surface area contributed by atoms with Crippen LogP contribution in [0.2, 0.25) is 0 Å². The molecule has 0 radical (unpaired) electrons. The van der Waals surface area contributed by atoms with Gasteiger partial charge in [-0.15, -0.1) is 0 Å². The Morgan fingerprint density at radius 3 is 2.89 bits per heavy atom. The Labute approximate surface area is 114 Å². The average Bonchev–Trinajstić information content (AvgIpc) is 2.85. The summed E-state index contributed by atoms with van der Waals surface area (Å²) in [5.74, 6) is 2.46. The number of aliphatic hydroxyl groups excluding tert-OH is 1. The van der Waals surface area contributed by atoms with Gasteiger partial charge in [-0.2, -0.15) is 11.8 Å². The molecule has 0 saturated carbocycles. The van der Waals surface area contributed by atoms with E-state index in [4.69, 9.17) is 0 Å². The maximum atomic E-state index is 10.4. The van der Waals surface area contributed by atoms with Crippen LogP contribution < -0.4 is 0 Å². The summed E-state index contributed by atoms with van der Waals surface area (Å²) in [4.78, 5) is 2.31. The molecule has 1 heterocycles. The molecular weight excluding hydrogens is 242 g/mol. The van der Waals surface area contributed by atoms with Crippen molar-refractivity contribution >= 4 is 11.8 Å². The van der Waals surface area contributed by atoms with E-state index < -0.39 is 0 Å². The van der Waals surface area contributed by atoms with Gasteiger partial charge in [0.1, 0.15) is 0 Å². The van der Waals surface area contributed by atoms with E-state index in [0.717, 1.165) is 12.1 Å². The first kappa shape index (κ1) is 13.9. The van der Waals surface area contributed by atoms with E-state index in [-0.39, 0.29) is 6.10 Å². The monoisotopic (exact) mass is 265 g/mol. The van der Waals surface area contributed by atoms with Gasteiger partial charge in [-0.1, -0.05) is 23.8 Å². The fraction of sp³-hybridized carbons (Fsp3) is 0.600. The van der Waals surface area contributed by atoms with Crippen LogP contribution in [0.5, 0.6) is 0 Å². The molecule has 0 aliphatic carbocycles. The van der Waals surface area contributed by atoms with Gasteiger partial charge in [-0.05, 0) is 44.2 Å². The lowest BCUT2D eigenvalue weighted by atomic mass is 10.00. The van der Waals surface area contributed by atoms with Gasteiger partial charge in [0.2, 0.25) is 0 Å². The molecule has 18 heavy (non-hydrogen) atoms. The maximum absolute atomic E-state index is 10.4. The van der Waals surface area contributed by atoms with Crippen LogP contribution in [0, 0.1) is 13.8 Å². The molecule has 1 N–H and O–H groups in total. The Balaban J connectivity index is 2.02. The van der Waals surface area contributed by atoms with Crippen molar-refractivity contribution < 1.29 is 5.11 Å². The van der Waals surface area contributed by atoms with Gasteiger partial charge in [0, 0.05) is 18.3 Å². The Morgan fingerprint density at radius 2 is 2.22 bits per heavy atom. The molecule has 2 atom stereocenters. The van der Waals surface area contributed by atoms with Crippen LogP contribution in [-0.4, -0.2) is 41.1 Å². The third-order valence-corrected chi connectivity index (χ3v) is 4.93. The van der Waals surface area contributed by atoms with Crippen molar-refractivity contribution in [2.75, 3.05) is 25.1 Å². The minimum atomic E-state index is -0.375. The smallest absolute Gasteiger partial charge is 0.0919 e. The lowest BCUT2D eigenvalue weighted by Gasteiger charge is -2.27. The highest BCUT2D eigenvalue weighted by atomic mass is 32.2. The number of thioether (sulfide) groups is 1. The normalized spacial score (nSPS) is 21.5. The van der Waals surface area contributed by atoms with Crippen molar-refractivity contribution in [2.45, 2.75) is 32.4 Å². The summed E-state index contributed by atoms with van der Waals surface area (Å²) >= 11 is 2.02. The van der Waals surface area contributed by atoms with Gasteiger partial charge in [-0.25, -0.2) is 0 Å². The van der Waals surface area contributed by atoms with Gasteiger partial charge >= 0.3 is 0 Å². The Bertz CT molecular complexity index is 401. The van der Waals surface area contributed by atoms with Crippen molar-refractivity contribution in [3.8, 4) is 0 Å². The fourth-order valence-corrected chi connectivity index (χ4v) is 3.81. The zero-order chi connectivity index (χ0) is 13.1. The second kappa shape index (κ2) is 6.09. The van der Waals surface area contributed by atoms with Gasteiger partial charge in [0.05, 0.1) is 6.10 Å². The molecule has 0 spiro atoms. The molecule has 1 saturated heterocycles. The number of aliphatic hydroxyl groups is 1. The first-order chi connectivity index (χ1) is 8.58. The van der Waals surface area contributed by atoms with E-state index in [2.05, 4.69) is 44.0 Å². The second-order valence-corrected chi connectivity index (χ2v) is 6.48. The first-order valence-corrected chi connectivity index (χ1v) is 7.76. The van der Waals surface area contributed by atoms with Gasteiger partial charge in [0.25, 0.3) is 0 Å². The molecule has 2 nitrogen and oxygen atoms in total. The van der Waals surface area contributed by atoms with Crippen molar-refractivity contribution in [1.82, 2.24) is 4.90 Å². The molecule has 1 aromatic carbocycles.